The van der Waals surface area contributed by atoms with E-state index in [0.29, 0.717) is 23.5 Å². The van der Waals surface area contributed by atoms with Crippen LogP contribution in [0.1, 0.15) is 34.1 Å². The number of benzene rings is 2. The molecular weight excluding hydrogens is 244 g/mol. The first kappa shape index (κ1) is 13.1. The topological polar surface area (TPSA) is 63.6 Å². The number of carbonyl (C=O) groups is 2. The number of carbonyl (C=O) groups excluding carboxylic acids is 2. The molecular formula is C15H14O4. The first-order chi connectivity index (χ1) is 9.19. The van der Waals surface area contributed by atoms with Gasteiger partial charge in [-0.3, -0.25) is 4.79 Å². The van der Waals surface area contributed by atoms with Crippen molar-refractivity contribution in [3.63, 3.8) is 0 Å². The van der Waals surface area contributed by atoms with E-state index >= 15 is 0 Å². The lowest BCUT2D eigenvalue weighted by atomic mass is 10.00. The van der Waals surface area contributed by atoms with Crippen LogP contribution in [0.2, 0.25) is 0 Å². The Balaban J connectivity index is 2.59. The summed E-state index contributed by atoms with van der Waals surface area (Å²) in [6.45, 7) is 2.16. The van der Waals surface area contributed by atoms with Crippen LogP contribution in [0.25, 0.3) is 10.8 Å². The third-order valence-electron chi connectivity index (χ3n) is 2.84. The minimum atomic E-state index is -0.617. The highest BCUT2D eigenvalue weighted by molar-refractivity contribution is 6.07. The summed E-state index contributed by atoms with van der Waals surface area (Å²) in [5.41, 5.74) is 0.135. The van der Waals surface area contributed by atoms with Gasteiger partial charge in [-0.2, -0.15) is 0 Å². The lowest BCUT2D eigenvalue weighted by Gasteiger charge is -2.09. The minimum absolute atomic E-state index is 0.0225. The normalized spacial score (nSPS) is 10.4. The molecule has 0 unspecified atom stereocenters. The molecule has 0 radical (unpaired) electrons. The first-order valence-electron chi connectivity index (χ1n) is 6.06. The summed E-state index contributed by atoms with van der Waals surface area (Å²) in [7, 11) is 0. The van der Waals surface area contributed by atoms with Crippen molar-refractivity contribution in [2.45, 2.75) is 13.3 Å². The van der Waals surface area contributed by atoms with Crippen molar-refractivity contribution in [3.8, 4) is 5.75 Å². The monoisotopic (exact) mass is 258 g/mol. The van der Waals surface area contributed by atoms with Gasteiger partial charge in [0, 0.05) is 0 Å². The van der Waals surface area contributed by atoms with Crippen molar-refractivity contribution in [1.29, 1.82) is 0 Å². The molecule has 0 amide bonds. The van der Waals surface area contributed by atoms with E-state index in [1.54, 1.807) is 24.3 Å². The zero-order valence-electron chi connectivity index (χ0n) is 10.6. The van der Waals surface area contributed by atoms with Crippen LogP contribution in [0.3, 0.4) is 0 Å². The molecule has 0 aliphatic carbocycles. The average Bonchev–Trinajstić information content (AvgIpc) is 2.44. The molecule has 0 saturated heterocycles. The van der Waals surface area contributed by atoms with E-state index in [2.05, 4.69) is 0 Å². The van der Waals surface area contributed by atoms with Gasteiger partial charge in [-0.1, -0.05) is 31.2 Å². The molecule has 0 atom stereocenters. The zero-order chi connectivity index (χ0) is 13.8. The van der Waals surface area contributed by atoms with E-state index < -0.39 is 5.97 Å². The summed E-state index contributed by atoms with van der Waals surface area (Å²) in [6.07, 6.45) is 1.24. The second-order valence-electron chi connectivity index (χ2n) is 4.16. The fraction of sp³-hybridized carbons (Fsp3) is 0.200. The Hall–Kier alpha value is -2.36. The summed E-state index contributed by atoms with van der Waals surface area (Å²) in [4.78, 5) is 23.0. The van der Waals surface area contributed by atoms with Gasteiger partial charge in [0.25, 0.3) is 0 Å². The maximum absolute atomic E-state index is 11.8. The van der Waals surface area contributed by atoms with Gasteiger partial charge in [-0.25, -0.2) is 4.79 Å². The quantitative estimate of drug-likeness (QED) is 0.676. The van der Waals surface area contributed by atoms with Crippen LogP contribution in [0.5, 0.6) is 5.75 Å². The molecule has 4 heteroatoms. The fourth-order valence-electron chi connectivity index (χ4n) is 1.91. The summed E-state index contributed by atoms with van der Waals surface area (Å²) in [5.74, 6) is -0.942. The van der Waals surface area contributed by atoms with Crippen LogP contribution in [0, 0.1) is 0 Å². The minimum Gasteiger partial charge on any atom is -0.506 e. The average molecular weight is 258 g/mol. The van der Waals surface area contributed by atoms with Crippen LogP contribution < -0.4 is 0 Å². The molecule has 0 aliphatic rings. The fourth-order valence-corrected chi connectivity index (χ4v) is 1.91. The van der Waals surface area contributed by atoms with Gasteiger partial charge < -0.3 is 9.84 Å². The highest BCUT2D eigenvalue weighted by Crippen LogP contribution is 2.30. The largest absolute Gasteiger partial charge is 0.506 e. The van der Waals surface area contributed by atoms with E-state index in [1.807, 2.05) is 6.92 Å². The van der Waals surface area contributed by atoms with Gasteiger partial charge in [0.1, 0.15) is 11.3 Å². The number of phenolic OH excluding ortho intramolecular Hbond substituents is 1. The number of aromatic hydroxyl groups is 1. The summed E-state index contributed by atoms with van der Waals surface area (Å²) < 4.78 is 4.99. The predicted molar refractivity (Wildman–Crippen MR) is 71.6 cm³/mol. The zero-order valence-corrected chi connectivity index (χ0v) is 10.6. The molecule has 2 rings (SSSR count). The number of phenols is 1. The van der Waals surface area contributed by atoms with Crippen LogP contribution in [0.15, 0.2) is 30.3 Å². The predicted octanol–water partition coefficient (Wildman–Crippen LogP) is 2.92. The number of esters is 1. The Bertz CT molecular complexity index is 631. The number of ether oxygens (including phenoxy) is 1. The molecule has 1 N–H and O–H groups in total. The van der Waals surface area contributed by atoms with Crippen LogP contribution in [-0.2, 0) is 4.74 Å². The Labute approximate surface area is 110 Å². The maximum atomic E-state index is 11.8. The maximum Gasteiger partial charge on any atom is 0.341 e. The van der Waals surface area contributed by atoms with Gasteiger partial charge in [-0.05, 0) is 23.3 Å². The van der Waals surface area contributed by atoms with Gasteiger partial charge in [0.05, 0.1) is 12.2 Å². The molecule has 2 aromatic carbocycles. The van der Waals surface area contributed by atoms with Crippen molar-refractivity contribution >= 4 is 23.0 Å². The Morgan fingerprint density at radius 3 is 2.79 bits per heavy atom. The lowest BCUT2D eigenvalue weighted by Crippen LogP contribution is -2.07. The molecule has 2 aromatic rings. The first-order valence-corrected chi connectivity index (χ1v) is 6.06. The van der Waals surface area contributed by atoms with Crippen molar-refractivity contribution in [2.24, 2.45) is 0 Å². The third kappa shape index (κ3) is 2.42. The van der Waals surface area contributed by atoms with Gasteiger partial charge in [0.2, 0.25) is 0 Å². The summed E-state index contributed by atoms with van der Waals surface area (Å²) >= 11 is 0. The molecule has 19 heavy (non-hydrogen) atoms. The molecule has 98 valence electrons. The lowest BCUT2D eigenvalue weighted by molar-refractivity contribution is 0.0502. The molecule has 0 fully saturated rings. The van der Waals surface area contributed by atoms with Crippen molar-refractivity contribution in [1.82, 2.24) is 0 Å². The molecule has 0 bridgehead atoms. The van der Waals surface area contributed by atoms with Crippen molar-refractivity contribution < 1.29 is 19.4 Å². The highest BCUT2D eigenvalue weighted by Gasteiger charge is 2.18. The SMILES string of the molecule is CCCOC(=O)c1cc2ccccc2c(C=O)c1O. The number of aldehydes is 1. The summed E-state index contributed by atoms with van der Waals surface area (Å²) in [6, 6.07) is 8.60. The van der Waals surface area contributed by atoms with Gasteiger partial charge >= 0.3 is 5.97 Å². The molecule has 4 nitrogen and oxygen atoms in total. The highest BCUT2D eigenvalue weighted by atomic mass is 16.5. The van der Waals surface area contributed by atoms with Crippen LogP contribution in [0.4, 0.5) is 0 Å². The van der Waals surface area contributed by atoms with E-state index in [9.17, 15) is 14.7 Å². The van der Waals surface area contributed by atoms with Crippen molar-refractivity contribution in [3.05, 3.63) is 41.5 Å². The van der Waals surface area contributed by atoms with Gasteiger partial charge in [0.15, 0.2) is 6.29 Å². The van der Waals surface area contributed by atoms with E-state index in [4.69, 9.17) is 4.74 Å². The van der Waals surface area contributed by atoms with Crippen LogP contribution >= 0.6 is 0 Å². The Kier molecular flexibility index (Phi) is 3.80. The molecule has 0 spiro atoms. The Morgan fingerprint density at radius 1 is 1.37 bits per heavy atom. The molecule has 0 saturated carbocycles. The number of fused-ring (bicyclic) bond motifs is 1. The molecule has 0 aromatic heterocycles. The van der Waals surface area contributed by atoms with Crippen LogP contribution in [-0.4, -0.2) is 24.0 Å². The van der Waals surface area contributed by atoms with Crippen molar-refractivity contribution in [2.75, 3.05) is 6.61 Å². The van der Waals surface area contributed by atoms with E-state index in [1.165, 1.54) is 6.07 Å². The standard InChI is InChI=1S/C15H14O4/c1-2-7-19-15(18)12-8-10-5-3-4-6-11(10)13(9-16)14(12)17/h3-6,8-9,17H,2,7H2,1H3. The smallest absolute Gasteiger partial charge is 0.341 e. The molecule has 0 heterocycles. The second kappa shape index (κ2) is 5.52. The van der Waals surface area contributed by atoms with Gasteiger partial charge in [-0.15, -0.1) is 0 Å². The molecule has 0 aliphatic heterocycles. The summed E-state index contributed by atoms with van der Waals surface area (Å²) in [5, 5.41) is 11.4. The number of hydrogen-bond acceptors (Lipinski definition) is 4. The number of hydrogen-bond donors (Lipinski definition) is 1. The van der Waals surface area contributed by atoms with E-state index in [0.717, 1.165) is 0 Å². The van der Waals surface area contributed by atoms with E-state index in [-0.39, 0.29) is 23.5 Å². The second-order valence-corrected chi connectivity index (χ2v) is 4.16. The third-order valence-corrected chi connectivity index (χ3v) is 2.84. The number of rotatable bonds is 4. The Morgan fingerprint density at radius 2 is 2.11 bits per heavy atom.